The van der Waals surface area contributed by atoms with Crippen molar-refractivity contribution in [2.45, 2.75) is 26.2 Å². The summed E-state index contributed by atoms with van der Waals surface area (Å²) in [6, 6.07) is 10.7. The molecule has 0 atom stereocenters. The minimum atomic E-state index is 0.445. The van der Waals surface area contributed by atoms with E-state index >= 15 is 0 Å². The summed E-state index contributed by atoms with van der Waals surface area (Å²) < 4.78 is 0. The highest BCUT2D eigenvalue weighted by Gasteiger charge is 2.42. The van der Waals surface area contributed by atoms with Crippen molar-refractivity contribution in [1.82, 2.24) is 10.2 Å². The number of nitrogens with zero attached hydrogens (tertiary/aromatic N) is 2. The summed E-state index contributed by atoms with van der Waals surface area (Å²) in [4.78, 5) is 0. The summed E-state index contributed by atoms with van der Waals surface area (Å²) in [5.74, 6) is 0. The molecule has 0 bridgehead atoms. The van der Waals surface area contributed by atoms with Crippen LogP contribution in [0.5, 0.6) is 0 Å². The van der Waals surface area contributed by atoms with Gasteiger partial charge in [-0.05, 0) is 37.2 Å². The lowest BCUT2D eigenvalue weighted by Gasteiger charge is -2.15. The molecule has 0 aliphatic heterocycles. The fourth-order valence-electron chi connectivity index (χ4n) is 2.25. The molecule has 0 unspecified atom stereocenters. The molecule has 1 aliphatic rings. The monoisotopic (exact) mass is 259 g/mol. The van der Waals surface area contributed by atoms with Crippen molar-refractivity contribution in [2.24, 2.45) is 5.41 Å². The zero-order valence-electron chi connectivity index (χ0n) is 10.5. The Hall–Kier alpha value is -1.42. The largest absolute Gasteiger partial charge is 0.360 e. The van der Waals surface area contributed by atoms with Gasteiger partial charge >= 0.3 is 0 Å². The predicted molar refractivity (Wildman–Crippen MR) is 74.9 cm³/mol. The van der Waals surface area contributed by atoms with Crippen molar-refractivity contribution in [1.29, 1.82) is 0 Å². The number of aromatic nitrogens is 2. The van der Waals surface area contributed by atoms with Crippen molar-refractivity contribution in [3.63, 3.8) is 0 Å². The maximum absolute atomic E-state index is 4.11. The number of hydrogen-bond acceptors (Lipinski definition) is 4. The van der Waals surface area contributed by atoms with Crippen LogP contribution in [0.2, 0.25) is 0 Å². The molecule has 18 heavy (non-hydrogen) atoms. The molecular weight excluding hydrogens is 242 g/mol. The van der Waals surface area contributed by atoms with Gasteiger partial charge < -0.3 is 5.32 Å². The van der Waals surface area contributed by atoms with Crippen molar-refractivity contribution in [3.8, 4) is 0 Å². The third kappa shape index (κ3) is 2.70. The van der Waals surface area contributed by atoms with Gasteiger partial charge in [0, 0.05) is 6.54 Å². The van der Waals surface area contributed by atoms with Gasteiger partial charge in [0.15, 0.2) is 0 Å². The Morgan fingerprint density at radius 2 is 2.00 bits per heavy atom. The van der Waals surface area contributed by atoms with Crippen LogP contribution in [-0.4, -0.2) is 16.7 Å². The lowest BCUT2D eigenvalue weighted by Crippen LogP contribution is -2.17. The SMILES string of the molecule is Cc1nnc(NCC2(Cc3ccccc3)CC2)s1. The maximum atomic E-state index is 4.11. The van der Waals surface area contributed by atoms with Crippen LogP contribution in [0.4, 0.5) is 5.13 Å². The molecule has 1 saturated carbocycles. The quantitative estimate of drug-likeness (QED) is 0.895. The molecule has 1 fully saturated rings. The Kier molecular flexibility index (Phi) is 3.04. The number of rotatable bonds is 5. The Labute approximate surface area is 111 Å². The molecule has 1 N–H and O–H groups in total. The first-order valence-corrected chi connectivity index (χ1v) is 7.15. The van der Waals surface area contributed by atoms with Crippen LogP contribution in [0.15, 0.2) is 30.3 Å². The number of aryl methyl sites for hydroxylation is 1. The zero-order valence-corrected chi connectivity index (χ0v) is 11.3. The Morgan fingerprint density at radius 3 is 2.61 bits per heavy atom. The highest BCUT2D eigenvalue weighted by atomic mass is 32.1. The van der Waals surface area contributed by atoms with Crippen LogP contribution in [0.25, 0.3) is 0 Å². The summed E-state index contributed by atoms with van der Waals surface area (Å²) in [5.41, 5.74) is 1.88. The molecule has 0 amide bonds. The summed E-state index contributed by atoms with van der Waals surface area (Å²) in [5, 5.41) is 13.5. The third-order valence-electron chi connectivity index (χ3n) is 3.52. The van der Waals surface area contributed by atoms with E-state index in [4.69, 9.17) is 0 Å². The highest BCUT2D eigenvalue weighted by molar-refractivity contribution is 7.15. The van der Waals surface area contributed by atoms with Crippen molar-refractivity contribution in [2.75, 3.05) is 11.9 Å². The molecule has 1 heterocycles. The molecule has 0 spiro atoms. The van der Waals surface area contributed by atoms with Crippen molar-refractivity contribution < 1.29 is 0 Å². The van der Waals surface area contributed by atoms with Crippen LogP contribution in [0, 0.1) is 12.3 Å². The fourth-order valence-corrected chi connectivity index (χ4v) is 2.84. The normalized spacial score (nSPS) is 16.5. The molecule has 1 aliphatic carbocycles. The first-order chi connectivity index (χ1) is 8.76. The van der Waals surface area contributed by atoms with Crippen LogP contribution in [0.1, 0.15) is 23.4 Å². The van der Waals surface area contributed by atoms with E-state index in [1.807, 2.05) is 6.92 Å². The van der Waals surface area contributed by atoms with Gasteiger partial charge in [-0.2, -0.15) is 0 Å². The minimum absolute atomic E-state index is 0.445. The lowest BCUT2D eigenvalue weighted by atomic mass is 9.96. The average molecular weight is 259 g/mol. The first-order valence-electron chi connectivity index (χ1n) is 6.34. The molecule has 94 valence electrons. The molecule has 4 heteroatoms. The molecule has 0 radical (unpaired) electrons. The van der Waals surface area contributed by atoms with Gasteiger partial charge in [0.1, 0.15) is 5.01 Å². The Morgan fingerprint density at radius 1 is 1.22 bits per heavy atom. The van der Waals surface area contributed by atoms with Gasteiger partial charge in [0.2, 0.25) is 5.13 Å². The number of benzene rings is 1. The molecule has 3 rings (SSSR count). The summed E-state index contributed by atoms with van der Waals surface area (Å²) in [7, 11) is 0. The van der Waals surface area contributed by atoms with E-state index in [0.717, 1.165) is 16.7 Å². The van der Waals surface area contributed by atoms with E-state index in [9.17, 15) is 0 Å². The molecule has 2 aromatic rings. The third-order valence-corrected chi connectivity index (χ3v) is 4.32. The van der Waals surface area contributed by atoms with E-state index in [1.54, 1.807) is 11.3 Å². The fraction of sp³-hybridized carbons (Fsp3) is 0.429. The van der Waals surface area contributed by atoms with Crippen LogP contribution in [-0.2, 0) is 6.42 Å². The van der Waals surface area contributed by atoms with Crippen molar-refractivity contribution >= 4 is 16.5 Å². The number of nitrogens with one attached hydrogen (secondary N) is 1. The standard InChI is InChI=1S/C14H17N3S/c1-11-16-17-13(18-11)15-10-14(7-8-14)9-12-5-3-2-4-6-12/h2-6H,7-10H2,1H3,(H,15,17). The summed E-state index contributed by atoms with van der Waals surface area (Å²) in [6.45, 7) is 3.00. The van der Waals surface area contributed by atoms with Gasteiger partial charge in [-0.25, -0.2) is 0 Å². The Bertz CT molecular complexity index is 517. The predicted octanol–water partition coefficient (Wildman–Crippen LogP) is 3.28. The molecule has 1 aromatic heterocycles. The van der Waals surface area contributed by atoms with Gasteiger partial charge in [-0.3, -0.25) is 0 Å². The second kappa shape index (κ2) is 4.69. The van der Waals surface area contributed by atoms with Gasteiger partial charge in [0.05, 0.1) is 0 Å². The van der Waals surface area contributed by atoms with Gasteiger partial charge in [-0.1, -0.05) is 41.7 Å². The summed E-state index contributed by atoms with van der Waals surface area (Å²) in [6.07, 6.45) is 3.79. The van der Waals surface area contributed by atoms with Gasteiger partial charge in [0.25, 0.3) is 0 Å². The van der Waals surface area contributed by atoms with Crippen LogP contribution < -0.4 is 5.32 Å². The van der Waals surface area contributed by atoms with E-state index < -0.39 is 0 Å². The molecule has 3 nitrogen and oxygen atoms in total. The van der Waals surface area contributed by atoms with Crippen LogP contribution in [0.3, 0.4) is 0 Å². The smallest absolute Gasteiger partial charge is 0.205 e. The van der Waals surface area contributed by atoms with E-state index in [1.165, 1.54) is 24.8 Å². The molecule has 1 aromatic carbocycles. The average Bonchev–Trinajstić information content (AvgIpc) is 3.02. The molecule has 0 saturated heterocycles. The number of anilines is 1. The minimum Gasteiger partial charge on any atom is -0.360 e. The maximum Gasteiger partial charge on any atom is 0.205 e. The van der Waals surface area contributed by atoms with Crippen molar-refractivity contribution in [3.05, 3.63) is 40.9 Å². The van der Waals surface area contributed by atoms with Crippen LogP contribution >= 0.6 is 11.3 Å². The second-order valence-electron chi connectivity index (χ2n) is 5.14. The van der Waals surface area contributed by atoms with E-state index in [-0.39, 0.29) is 0 Å². The second-order valence-corrected chi connectivity index (χ2v) is 6.32. The van der Waals surface area contributed by atoms with E-state index in [2.05, 4.69) is 45.8 Å². The lowest BCUT2D eigenvalue weighted by molar-refractivity contribution is 0.538. The first kappa shape index (κ1) is 11.7. The highest BCUT2D eigenvalue weighted by Crippen LogP contribution is 2.48. The zero-order chi connectivity index (χ0) is 12.4. The summed E-state index contributed by atoms with van der Waals surface area (Å²) >= 11 is 1.63. The Balaban J connectivity index is 1.59. The van der Waals surface area contributed by atoms with Gasteiger partial charge in [-0.15, -0.1) is 10.2 Å². The molecular formula is C14H17N3S. The number of hydrogen-bond donors (Lipinski definition) is 1. The van der Waals surface area contributed by atoms with E-state index in [0.29, 0.717) is 5.41 Å². The topological polar surface area (TPSA) is 37.8 Å².